The van der Waals surface area contributed by atoms with E-state index in [-0.39, 0.29) is 0 Å². The van der Waals surface area contributed by atoms with Gasteiger partial charge in [-0.2, -0.15) is 0 Å². The molecule has 7 aromatic carbocycles. The average molecular weight is 651 g/mol. The van der Waals surface area contributed by atoms with Gasteiger partial charge in [-0.3, -0.25) is 0 Å². The third-order valence-corrected chi connectivity index (χ3v) is 11.4. The van der Waals surface area contributed by atoms with Gasteiger partial charge in [-0.05, 0) is 71.8 Å². The summed E-state index contributed by atoms with van der Waals surface area (Å²) in [6.07, 6.45) is 0. The molecule has 0 fully saturated rings. The molecule has 0 atom stereocenters. The van der Waals surface area contributed by atoms with E-state index in [4.69, 9.17) is 9.40 Å². The van der Waals surface area contributed by atoms with Gasteiger partial charge < -0.3 is 9.32 Å². The number of thiazole rings is 1. The van der Waals surface area contributed by atoms with Crippen LogP contribution in [-0.2, 0) is 0 Å². The first kappa shape index (κ1) is 27.4. The van der Waals surface area contributed by atoms with Crippen molar-refractivity contribution in [2.45, 2.75) is 0 Å². The second kappa shape index (κ2) is 10.9. The third-order valence-electron chi connectivity index (χ3n) is 9.10. The number of anilines is 3. The minimum Gasteiger partial charge on any atom is -0.456 e. The van der Waals surface area contributed by atoms with E-state index in [1.165, 1.54) is 31.3 Å². The minimum atomic E-state index is 0.871. The lowest BCUT2D eigenvalue weighted by molar-refractivity contribution is 0.669. The summed E-state index contributed by atoms with van der Waals surface area (Å²) in [6, 6.07) is 56.0. The van der Waals surface area contributed by atoms with Gasteiger partial charge in [0.2, 0.25) is 0 Å². The van der Waals surface area contributed by atoms with E-state index in [1.54, 1.807) is 11.3 Å². The predicted molar refractivity (Wildman–Crippen MR) is 205 cm³/mol. The largest absolute Gasteiger partial charge is 0.456 e. The van der Waals surface area contributed by atoms with Gasteiger partial charge in [-0.15, -0.1) is 22.7 Å². The molecular weight excluding hydrogens is 625 g/mol. The predicted octanol–water partition coefficient (Wildman–Crippen LogP) is 13.4. The van der Waals surface area contributed by atoms with Crippen LogP contribution in [0.5, 0.6) is 0 Å². The van der Waals surface area contributed by atoms with Gasteiger partial charge in [0.15, 0.2) is 0 Å². The zero-order chi connectivity index (χ0) is 31.6. The van der Waals surface area contributed by atoms with Crippen LogP contribution in [0.25, 0.3) is 74.0 Å². The summed E-state index contributed by atoms with van der Waals surface area (Å²) in [4.78, 5) is 7.38. The Hall–Kier alpha value is -5.75. The Kier molecular flexibility index (Phi) is 6.22. The molecular formula is C43H26N2OS2. The lowest BCUT2D eigenvalue weighted by Crippen LogP contribution is -2.09. The van der Waals surface area contributed by atoms with Crippen LogP contribution in [0.2, 0.25) is 0 Å². The van der Waals surface area contributed by atoms with E-state index in [0.717, 1.165) is 59.8 Å². The molecule has 3 heterocycles. The minimum absolute atomic E-state index is 0.871. The number of furan rings is 1. The molecule has 48 heavy (non-hydrogen) atoms. The van der Waals surface area contributed by atoms with Gasteiger partial charge in [0.25, 0.3) is 0 Å². The van der Waals surface area contributed by atoms with Gasteiger partial charge in [-0.1, -0.05) is 97.1 Å². The summed E-state index contributed by atoms with van der Waals surface area (Å²) in [5.74, 6) is 0. The van der Waals surface area contributed by atoms with Gasteiger partial charge in [0.05, 0.1) is 10.2 Å². The molecule has 3 aromatic heterocycles. The first-order valence-electron chi connectivity index (χ1n) is 15.9. The molecule has 10 rings (SSSR count). The van der Waals surface area contributed by atoms with Crippen LogP contribution in [0.3, 0.4) is 0 Å². The second-order valence-electron chi connectivity index (χ2n) is 12.0. The van der Waals surface area contributed by atoms with Crippen LogP contribution in [0.15, 0.2) is 162 Å². The Balaban J connectivity index is 1.17. The number of nitrogens with zero attached hydrogens (tertiary/aromatic N) is 2. The molecule has 5 heteroatoms. The zero-order valence-electron chi connectivity index (χ0n) is 25.6. The smallest absolute Gasteiger partial charge is 0.137 e. The summed E-state index contributed by atoms with van der Waals surface area (Å²) in [5.41, 5.74) is 9.54. The van der Waals surface area contributed by atoms with Crippen LogP contribution in [0.1, 0.15) is 0 Å². The zero-order valence-corrected chi connectivity index (χ0v) is 27.3. The molecule has 0 spiro atoms. The Labute approximate surface area is 284 Å². The molecule has 0 saturated heterocycles. The maximum absolute atomic E-state index is 6.44. The standard InChI is InChI=1S/C43H26N2OS2/c1-3-9-27(10-4-1)28-15-17-30(18-16-28)45(32-19-21-34-33-13-7-8-14-39(33)47-40(34)26-32)31-20-23-37-35(25-31)41-38(46-37)24-22-36-42(41)48-43(44-36)29-11-5-2-6-12-29/h1-26H. The van der Waals surface area contributed by atoms with Crippen molar-refractivity contribution in [3.05, 3.63) is 158 Å². The summed E-state index contributed by atoms with van der Waals surface area (Å²) < 4.78 is 10.2. The molecule has 0 aliphatic rings. The first-order chi connectivity index (χ1) is 23.8. The van der Waals surface area contributed by atoms with Crippen molar-refractivity contribution in [2.75, 3.05) is 4.90 Å². The Bertz CT molecular complexity index is 2780. The maximum Gasteiger partial charge on any atom is 0.137 e. The molecule has 0 bridgehead atoms. The highest BCUT2D eigenvalue weighted by molar-refractivity contribution is 7.25. The Morgan fingerprint density at radius 2 is 1.10 bits per heavy atom. The number of aromatic nitrogens is 1. The highest BCUT2D eigenvalue weighted by Gasteiger charge is 2.19. The summed E-state index contributed by atoms with van der Waals surface area (Å²) in [6.45, 7) is 0. The van der Waals surface area contributed by atoms with E-state index < -0.39 is 0 Å². The number of thiophene rings is 1. The fourth-order valence-electron chi connectivity index (χ4n) is 6.81. The van der Waals surface area contributed by atoms with Crippen molar-refractivity contribution in [3.8, 4) is 21.7 Å². The van der Waals surface area contributed by atoms with Crippen LogP contribution in [0.4, 0.5) is 17.1 Å². The molecule has 0 saturated carbocycles. The van der Waals surface area contributed by atoms with E-state index in [1.807, 2.05) is 17.4 Å². The molecule has 226 valence electrons. The van der Waals surface area contributed by atoms with Crippen molar-refractivity contribution in [3.63, 3.8) is 0 Å². The lowest BCUT2D eigenvalue weighted by Gasteiger charge is -2.26. The molecule has 0 unspecified atom stereocenters. The van der Waals surface area contributed by atoms with E-state index in [2.05, 4.69) is 157 Å². The highest BCUT2D eigenvalue weighted by Crippen LogP contribution is 2.44. The van der Waals surface area contributed by atoms with Gasteiger partial charge in [-0.25, -0.2) is 4.98 Å². The maximum atomic E-state index is 6.44. The molecule has 0 amide bonds. The first-order valence-corrected chi connectivity index (χ1v) is 17.6. The third kappa shape index (κ3) is 4.43. The highest BCUT2D eigenvalue weighted by atomic mass is 32.1. The molecule has 0 N–H and O–H groups in total. The van der Waals surface area contributed by atoms with Crippen LogP contribution in [-0.4, -0.2) is 4.98 Å². The molecule has 0 aliphatic carbocycles. The van der Waals surface area contributed by atoms with Crippen molar-refractivity contribution < 1.29 is 4.42 Å². The molecule has 3 nitrogen and oxygen atoms in total. The van der Waals surface area contributed by atoms with Crippen molar-refractivity contribution in [1.29, 1.82) is 0 Å². The second-order valence-corrected chi connectivity index (χ2v) is 14.1. The number of rotatable bonds is 5. The summed E-state index contributed by atoms with van der Waals surface area (Å²) in [7, 11) is 0. The monoisotopic (exact) mass is 650 g/mol. The van der Waals surface area contributed by atoms with E-state index in [0.29, 0.717) is 0 Å². The van der Waals surface area contributed by atoms with Crippen molar-refractivity contribution in [1.82, 2.24) is 4.98 Å². The van der Waals surface area contributed by atoms with E-state index >= 15 is 0 Å². The Morgan fingerprint density at radius 1 is 0.458 bits per heavy atom. The fraction of sp³-hybridized carbons (Fsp3) is 0. The summed E-state index contributed by atoms with van der Waals surface area (Å²) >= 11 is 3.57. The number of fused-ring (bicyclic) bond motifs is 8. The SMILES string of the molecule is c1ccc(-c2ccc(N(c3ccc4c(c3)sc3ccccc34)c3ccc4oc5ccc6nc(-c7ccccc7)sc6c5c4c3)cc2)cc1. The lowest BCUT2D eigenvalue weighted by atomic mass is 10.0. The van der Waals surface area contributed by atoms with Crippen LogP contribution >= 0.6 is 22.7 Å². The quantitative estimate of drug-likeness (QED) is 0.186. The molecule has 0 aliphatic heterocycles. The molecule has 0 radical (unpaired) electrons. The number of hydrogen-bond donors (Lipinski definition) is 0. The van der Waals surface area contributed by atoms with Gasteiger partial charge in [0, 0.05) is 53.6 Å². The summed E-state index contributed by atoms with van der Waals surface area (Å²) in [5, 5.41) is 5.81. The molecule has 10 aromatic rings. The fourth-order valence-corrected chi connectivity index (χ4v) is 9.07. The number of hydrogen-bond acceptors (Lipinski definition) is 5. The van der Waals surface area contributed by atoms with Crippen molar-refractivity contribution in [2.24, 2.45) is 0 Å². The van der Waals surface area contributed by atoms with Gasteiger partial charge in [0.1, 0.15) is 16.2 Å². The topological polar surface area (TPSA) is 29.3 Å². The Morgan fingerprint density at radius 3 is 1.94 bits per heavy atom. The van der Waals surface area contributed by atoms with E-state index in [9.17, 15) is 0 Å². The van der Waals surface area contributed by atoms with Crippen LogP contribution < -0.4 is 4.90 Å². The average Bonchev–Trinajstić information content (AvgIpc) is 3.85. The van der Waals surface area contributed by atoms with Gasteiger partial charge >= 0.3 is 0 Å². The number of benzene rings is 7. The van der Waals surface area contributed by atoms with Crippen LogP contribution in [0, 0.1) is 0 Å². The normalized spacial score (nSPS) is 11.8. The van der Waals surface area contributed by atoms with Crippen molar-refractivity contribution >= 4 is 92.1 Å².